The minimum atomic E-state index is 0.671. The maximum atomic E-state index is 5.45. The Balaban J connectivity index is 1.91. The highest BCUT2D eigenvalue weighted by atomic mass is 16.5. The Morgan fingerprint density at radius 2 is 2.00 bits per heavy atom. The van der Waals surface area contributed by atoms with Crippen LogP contribution in [0.25, 0.3) is 0 Å². The summed E-state index contributed by atoms with van der Waals surface area (Å²) in [5, 5.41) is 3.98. The van der Waals surface area contributed by atoms with Crippen molar-refractivity contribution >= 4 is 0 Å². The molecule has 0 aliphatic carbocycles. The molecule has 0 unspecified atom stereocenters. The van der Waals surface area contributed by atoms with Gasteiger partial charge in [0.25, 0.3) is 0 Å². The van der Waals surface area contributed by atoms with Gasteiger partial charge in [0.2, 0.25) is 5.89 Å². The van der Waals surface area contributed by atoms with Crippen molar-refractivity contribution in [1.29, 1.82) is 0 Å². The first-order chi connectivity index (χ1) is 9.31. The van der Waals surface area contributed by atoms with E-state index in [2.05, 4.69) is 10.1 Å². The molecule has 5 nitrogen and oxygen atoms in total. The maximum Gasteiger partial charge on any atom is 0.226 e. The van der Waals surface area contributed by atoms with Crippen LogP contribution in [0.15, 0.2) is 28.8 Å². The fourth-order valence-electron chi connectivity index (χ4n) is 1.81. The minimum Gasteiger partial charge on any atom is -0.497 e. The fourth-order valence-corrected chi connectivity index (χ4v) is 1.81. The van der Waals surface area contributed by atoms with E-state index in [1.165, 1.54) is 0 Å². The van der Waals surface area contributed by atoms with E-state index in [1.54, 1.807) is 7.11 Å². The molecular weight excluding hydrogens is 242 g/mol. The van der Waals surface area contributed by atoms with Crippen molar-refractivity contribution in [2.45, 2.75) is 25.7 Å². The van der Waals surface area contributed by atoms with Crippen LogP contribution in [-0.4, -0.2) is 23.8 Å². The van der Waals surface area contributed by atoms with Gasteiger partial charge in [0.15, 0.2) is 5.82 Å². The molecule has 1 heterocycles. The highest BCUT2D eigenvalue weighted by Gasteiger charge is 2.07. The van der Waals surface area contributed by atoms with Gasteiger partial charge in [-0.3, -0.25) is 0 Å². The molecule has 19 heavy (non-hydrogen) atoms. The largest absolute Gasteiger partial charge is 0.497 e. The lowest BCUT2D eigenvalue weighted by Gasteiger charge is -2.00. The minimum absolute atomic E-state index is 0.671. The molecule has 2 rings (SSSR count). The molecule has 2 N–H and O–H groups in total. The first-order valence-corrected chi connectivity index (χ1v) is 6.46. The molecule has 0 fully saturated rings. The quantitative estimate of drug-likeness (QED) is 0.771. The van der Waals surface area contributed by atoms with E-state index in [-0.39, 0.29) is 0 Å². The second-order valence-electron chi connectivity index (χ2n) is 4.37. The van der Waals surface area contributed by atoms with E-state index in [0.717, 1.165) is 30.6 Å². The van der Waals surface area contributed by atoms with Crippen LogP contribution < -0.4 is 10.5 Å². The summed E-state index contributed by atoms with van der Waals surface area (Å²) in [6.07, 6.45) is 3.44. The highest BCUT2D eigenvalue weighted by Crippen LogP contribution is 2.14. The second-order valence-corrected chi connectivity index (χ2v) is 4.37. The van der Waals surface area contributed by atoms with Crippen molar-refractivity contribution in [3.8, 4) is 5.75 Å². The van der Waals surface area contributed by atoms with Gasteiger partial charge in [-0.25, -0.2) is 0 Å². The van der Waals surface area contributed by atoms with Gasteiger partial charge in [0.05, 0.1) is 7.11 Å². The molecule has 0 radical (unpaired) electrons. The lowest BCUT2D eigenvalue weighted by atomic mass is 10.1. The van der Waals surface area contributed by atoms with Gasteiger partial charge < -0.3 is 15.0 Å². The Morgan fingerprint density at radius 1 is 1.21 bits per heavy atom. The maximum absolute atomic E-state index is 5.45. The number of unbranched alkanes of at least 4 members (excludes halogenated alkanes) is 1. The van der Waals surface area contributed by atoms with Gasteiger partial charge in [0, 0.05) is 12.8 Å². The number of aromatic nitrogens is 2. The molecule has 2 aromatic rings. The molecular formula is C14H19N3O2. The van der Waals surface area contributed by atoms with E-state index >= 15 is 0 Å². The molecule has 0 atom stereocenters. The topological polar surface area (TPSA) is 74.2 Å². The summed E-state index contributed by atoms with van der Waals surface area (Å²) in [5.74, 6) is 2.25. The fraction of sp³-hybridized carbons (Fsp3) is 0.429. The van der Waals surface area contributed by atoms with Crippen molar-refractivity contribution in [2.75, 3.05) is 13.7 Å². The van der Waals surface area contributed by atoms with Gasteiger partial charge in [-0.05, 0) is 37.1 Å². The number of hydrogen-bond acceptors (Lipinski definition) is 5. The third kappa shape index (κ3) is 4.06. The van der Waals surface area contributed by atoms with Gasteiger partial charge in [-0.15, -0.1) is 0 Å². The van der Waals surface area contributed by atoms with Crippen LogP contribution >= 0.6 is 0 Å². The van der Waals surface area contributed by atoms with Crippen LogP contribution in [0.5, 0.6) is 5.75 Å². The normalized spacial score (nSPS) is 10.6. The van der Waals surface area contributed by atoms with Crippen LogP contribution in [0, 0.1) is 0 Å². The zero-order valence-electron chi connectivity index (χ0n) is 11.1. The van der Waals surface area contributed by atoms with E-state index < -0.39 is 0 Å². The molecule has 0 saturated heterocycles. The standard InChI is InChI=1S/C14H19N3O2/c1-18-12-7-5-11(6-8-12)10-13-16-14(19-17-13)4-2-3-9-15/h5-8H,2-4,9-10,15H2,1H3. The molecule has 0 aliphatic rings. The SMILES string of the molecule is COc1ccc(Cc2noc(CCCCN)n2)cc1. The first-order valence-electron chi connectivity index (χ1n) is 6.46. The summed E-state index contributed by atoms with van der Waals surface area (Å²) >= 11 is 0. The van der Waals surface area contributed by atoms with Crippen molar-refractivity contribution in [1.82, 2.24) is 10.1 Å². The molecule has 1 aromatic carbocycles. The number of benzene rings is 1. The summed E-state index contributed by atoms with van der Waals surface area (Å²) in [6.45, 7) is 0.701. The molecule has 0 amide bonds. The number of rotatable bonds is 7. The Labute approximate surface area is 112 Å². The van der Waals surface area contributed by atoms with Crippen molar-refractivity contribution in [3.05, 3.63) is 41.5 Å². The Kier molecular flexibility index (Phi) is 4.92. The summed E-state index contributed by atoms with van der Waals surface area (Å²) in [7, 11) is 1.65. The van der Waals surface area contributed by atoms with Crippen LogP contribution in [0.1, 0.15) is 30.1 Å². The third-order valence-electron chi connectivity index (χ3n) is 2.88. The lowest BCUT2D eigenvalue weighted by Crippen LogP contribution is -1.99. The summed E-state index contributed by atoms with van der Waals surface area (Å²) in [4.78, 5) is 4.37. The number of nitrogens with zero attached hydrogens (tertiary/aromatic N) is 2. The van der Waals surface area contributed by atoms with Crippen LogP contribution in [-0.2, 0) is 12.8 Å². The molecule has 0 aliphatic heterocycles. The van der Waals surface area contributed by atoms with Gasteiger partial charge in [-0.1, -0.05) is 17.3 Å². The van der Waals surface area contributed by atoms with Crippen molar-refractivity contribution in [2.24, 2.45) is 5.73 Å². The van der Waals surface area contributed by atoms with Crippen LogP contribution in [0.3, 0.4) is 0 Å². The molecule has 1 aromatic heterocycles. The van der Waals surface area contributed by atoms with E-state index in [0.29, 0.717) is 24.7 Å². The summed E-state index contributed by atoms with van der Waals surface area (Å²) < 4.78 is 10.3. The summed E-state index contributed by atoms with van der Waals surface area (Å²) in [6, 6.07) is 7.86. The van der Waals surface area contributed by atoms with E-state index in [9.17, 15) is 0 Å². The monoisotopic (exact) mass is 261 g/mol. The predicted octanol–water partition coefficient (Wildman–Crippen LogP) is 1.95. The Bertz CT molecular complexity index is 494. The average Bonchev–Trinajstić information content (AvgIpc) is 2.88. The molecule has 0 spiro atoms. The van der Waals surface area contributed by atoms with Crippen molar-refractivity contribution < 1.29 is 9.26 Å². The van der Waals surface area contributed by atoms with Gasteiger partial charge in [-0.2, -0.15) is 4.98 Å². The molecule has 0 saturated carbocycles. The van der Waals surface area contributed by atoms with E-state index in [1.807, 2.05) is 24.3 Å². The molecule has 5 heteroatoms. The molecule has 0 bridgehead atoms. The Hall–Kier alpha value is -1.88. The Morgan fingerprint density at radius 3 is 2.68 bits per heavy atom. The van der Waals surface area contributed by atoms with E-state index in [4.69, 9.17) is 15.0 Å². The molecule has 102 valence electrons. The predicted molar refractivity (Wildman–Crippen MR) is 72.1 cm³/mol. The lowest BCUT2D eigenvalue weighted by molar-refractivity contribution is 0.370. The number of nitrogens with two attached hydrogens (primary N) is 1. The highest BCUT2D eigenvalue weighted by molar-refractivity contribution is 5.28. The van der Waals surface area contributed by atoms with Crippen LogP contribution in [0.4, 0.5) is 0 Å². The average molecular weight is 261 g/mol. The zero-order chi connectivity index (χ0) is 13.5. The second kappa shape index (κ2) is 6.89. The van der Waals surface area contributed by atoms with Crippen molar-refractivity contribution in [3.63, 3.8) is 0 Å². The number of hydrogen-bond donors (Lipinski definition) is 1. The third-order valence-corrected chi connectivity index (χ3v) is 2.88. The first kappa shape index (κ1) is 13.5. The number of ether oxygens (including phenoxy) is 1. The number of methoxy groups -OCH3 is 1. The van der Waals surface area contributed by atoms with Gasteiger partial charge >= 0.3 is 0 Å². The smallest absolute Gasteiger partial charge is 0.226 e. The summed E-state index contributed by atoms with van der Waals surface area (Å²) in [5.41, 5.74) is 6.58. The van der Waals surface area contributed by atoms with Crippen LogP contribution in [0.2, 0.25) is 0 Å². The van der Waals surface area contributed by atoms with Gasteiger partial charge in [0.1, 0.15) is 5.75 Å². The zero-order valence-corrected chi connectivity index (χ0v) is 11.1. The number of aryl methyl sites for hydroxylation is 1.